The van der Waals surface area contributed by atoms with Crippen LogP contribution in [0.2, 0.25) is 0 Å². The fourth-order valence-electron chi connectivity index (χ4n) is 1.23. The Balaban J connectivity index is 2.61. The van der Waals surface area contributed by atoms with E-state index in [1.165, 1.54) is 0 Å². The molecule has 15 heavy (non-hydrogen) atoms. The van der Waals surface area contributed by atoms with Crippen molar-refractivity contribution in [1.29, 1.82) is 5.26 Å². The van der Waals surface area contributed by atoms with Crippen LogP contribution >= 0.6 is 0 Å². The van der Waals surface area contributed by atoms with Gasteiger partial charge in [0, 0.05) is 5.69 Å². The summed E-state index contributed by atoms with van der Waals surface area (Å²) in [6.45, 7) is 1.86. The first-order valence-electron chi connectivity index (χ1n) is 4.65. The van der Waals surface area contributed by atoms with Crippen LogP contribution in [-0.4, -0.2) is 5.91 Å². The van der Waals surface area contributed by atoms with Crippen molar-refractivity contribution in [2.75, 3.05) is 5.73 Å². The molecular weight excluding hydrogens is 190 g/mol. The van der Waals surface area contributed by atoms with Gasteiger partial charge in [-0.15, -0.1) is 0 Å². The summed E-state index contributed by atoms with van der Waals surface area (Å²) in [5.41, 5.74) is 7.20. The fraction of sp³-hybridized carbons (Fsp3) is 0.273. The van der Waals surface area contributed by atoms with Crippen molar-refractivity contribution in [1.82, 2.24) is 5.32 Å². The van der Waals surface area contributed by atoms with E-state index in [9.17, 15) is 4.79 Å². The highest BCUT2D eigenvalue weighted by atomic mass is 16.1. The number of carbonyl (C=O) groups excluding carboxylic acids is 1. The van der Waals surface area contributed by atoms with Crippen LogP contribution in [-0.2, 0) is 4.79 Å². The predicted molar refractivity (Wildman–Crippen MR) is 57.6 cm³/mol. The molecule has 3 N–H and O–H groups in total. The zero-order chi connectivity index (χ0) is 11.3. The largest absolute Gasteiger partial charge is 0.399 e. The van der Waals surface area contributed by atoms with Crippen LogP contribution in [0.5, 0.6) is 0 Å². The normalized spacial score (nSPS) is 11.5. The summed E-state index contributed by atoms with van der Waals surface area (Å²) in [7, 11) is 0. The minimum atomic E-state index is -0.262. The molecule has 0 aliphatic carbocycles. The highest BCUT2D eigenvalue weighted by Gasteiger charge is 2.08. The van der Waals surface area contributed by atoms with Gasteiger partial charge in [-0.05, 0) is 24.6 Å². The second-order valence-electron chi connectivity index (χ2n) is 3.29. The Labute approximate surface area is 88.7 Å². The zero-order valence-corrected chi connectivity index (χ0v) is 8.53. The molecule has 1 aromatic rings. The minimum absolute atomic E-state index is 0.105. The number of hydrogen-bond donors (Lipinski definition) is 2. The number of nitrogens with zero attached hydrogens (tertiary/aromatic N) is 1. The van der Waals surface area contributed by atoms with Crippen LogP contribution in [0.3, 0.4) is 0 Å². The van der Waals surface area contributed by atoms with Gasteiger partial charge >= 0.3 is 0 Å². The third-order valence-corrected chi connectivity index (χ3v) is 2.05. The van der Waals surface area contributed by atoms with Gasteiger partial charge in [-0.3, -0.25) is 4.79 Å². The number of benzene rings is 1. The Kier molecular flexibility index (Phi) is 3.69. The fourth-order valence-corrected chi connectivity index (χ4v) is 1.23. The van der Waals surface area contributed by atoms with Crippen molar-refractivity contribution >= 4 is 11.6 Å². The first kappa shape index (κ1) is 11.1. The molecule has 0 fully saturated rings. The molecule has 0 saturated heterocycles. The van der Waals surface area contributed by atoms with Gasteiger partial charge in [0.2, 0.25) is 5.91 Å². The van der Waals surface area contributed by atoms with Gasteiger partial charge < -0.3 is 11.1 Å². The Morgan fingerprint density at radius 2 is 2.13 bits per heavy atom. The number of nitrogen functional groups attached to an aromatic ring is 1. The summed E-state index contributed by atoms with van der Waals surface area (Å²) in [6, 6.07) is 8.96. The smallest absolute Gasteiger partial charge is 0.234 e. The van der Waals surface area contributed by atoms with Crippen molar-refractivity contribution in [3.05, 3.63) is 29.8 Å². The van der Waals surface area contributed by atoms with Crippen LogP contribution in [0.25, 0.3) is 0 Å². The number of hydrogen-bond acceptors (Lipinski definition) is 3. The van der Waals surface area contributed by atoms with E-state index in [1.807, 2.05) is 19.1 Å². The number of carbonyl (C=O) groups is 1. The van der Waals surface area contributed by atoms with E-state index in [-0.39, 0.29) is 18.4 Å². The van der Waals surface area contributed by atoms with E-state index >= 15 is 0 Å². The molecule has 4 heteroatoms. The van der Waals surface area contributed by atoms with E-state index in [1.54, 1.807) is 18.2 Å². The molecule has 0 spiro atoms. The molecule has 1 amide bonds. The molecule has 1 unspecified atom stereocenters. The predicted octanol–water partition coefficient (Wildman–Crippen LogP) is 1.36. The van der Waals surface area contributed by atoms with E-state index in [2.05, 4.69) is 5.32 Å². The second kappa shape index (κ2) is 5.01. The standard InChI is InChI=1S/C11H13N3O/c1-8(14-11(15)6-7-12)9-2-4-10(13)5-3-9/h2-5,8H,6,13H2,1H3,(H,14,15). The minimum Gasteiger partial charge on any atom is -0.399 e. The lowest BCUT2D eigenvalue weighted by Crippen LogP contribution is -2.25. The highest BCUT2D eigenvalue weighted by molar-refractivity contribution is 5.78. The average Bonchev–Trinajstić information content (AvgIpc) is 2.18. The monoisotopic (exact) mass is 203 g/mol. The molecule has 0 aliphatic rings. The van der Waals surface area contributed by atoms with Crippen molar-refractivity contribution < 1.29 is 4.79 Å². The summed E-state index contributed by atoms with van der Waals surface area (Å²) < 4.78 is 0. The highest BCUT2D eigenvalue weighted by Crippen LogP contribution is 2.13. The first-order chi connectivity index (χ1) is 7.13. The van der Waals surface area contributed by atoms with Gasteiger partial charge in [-0.2, -0.15) is 5.26 Å². The maximum atomic E-state index is 11.1. The molecule has 0 aromatic heterocycles. The Morgan fingerprint density at radius 3 is 2.67 bits per heavy atom. The topological polar surface area (TPSA) is 78.9 Å². The van der Waals surface area contributed by atoms with Crippen LogP contribution in [0.15, 0.2) is 24.3 Å². The molecule has 0 radical (unpaired) electrons. The molecule has 0 heterocycles. The number of nitrogens with two attached hydrogens (primary N) is 1. The Hall–Kier alpha value is -2.02. The first-order valence-corrected chi connectivity index (χ1v) is 4.65. The van der Waals surface area contributed by atoms with Gasteiger partial charge in [0.05, 0.1) is 12.1 Å². The lowest BCUT2D eigenvalue weighted by molar-refractivity contribution is -0.120. The Bertz CT molecular complexity index is 378. The number of amides is 1. The molecule has 78 valence electrons. The summed E-state index contributed by atoms with van der Waals surface area (Å²) in [5.74, 6) is -0.262. The van der Waals surface area contributed by atoms with E-state index in [4.69, 9.17) is 11.0 Å². The van der Waals surface area contributed by atoms with Crippen molar-refractivity contribution in [2.24, 2.45) is 0 Å². The molecule has 1 rings (SSSR count). The lowest BCUT2D eigenvalue weighted by Gasteiger charge is -2.13. The summed E-state index contributed by atoms with van der Waals surface area (Å²) >= 11 is 0. The van der Waals surface area contributed by atoms with Crippen LogP contribution < -0.4 is 11.1 Å². The summed E-state index contributed by atoms with van der Waals surface area (Å²) in [6.07, 6.45) is -0.112. The van der Waals surface area contributed by atoms with Gasteiger partial charge in [0.15, 0.2) is 0 Å². The molecule has 0 aliphatic heterocycles. The van der Waals surface area contributed by atoms with Crippen molar-refractivity contribution in [2.45, 2.75) is 19.4 Å². The number of anilines is 1. The Morgan fingerprint density at radius 1 is 1.53 bits per heavy atom. The van der Waals surface area contributed by atoms with Crippen LogP contribution in [0.4, 0.5) is 5.69 Å². The van der Waals surface area contributed by atoms with Gasteiger partial charge in [-0.1, -0.05) is 12.1 Å². The van der Waals surface area contributed by atoms with Crippen LogP contribution in [0, 0.1) is 11.3 Å². The van der Waals surface area contributed by atoms with Crippen molar-refractivity contribution in [3.63, 3.8) is 0 Å². The average molecular weight is 203 g/mol. The summed E-state index contributed by atoms with van der Waals surface area (Å²) in [4.78, 5) is 11.1. The van der Waals surface area contributed by atoms with E-state index < -0.39 is 0 Å². The second-order valence-corrected chi connectivity index (χ2v) is 3.29. The molecule has 1 aromatic carbocycles. The van der Waals surface area contributed by atoms with Crippen molar-refractivity contribution in [3.8, 4) is 6.07 Å². The van der Waals surface area contributed by atoms with E-state index in [0.717, 1.165) is 5.56 Å². The third kappa shape index (κ3) is 3.31. The molecule has 0 bridgehead atoms. The number of rotatable bonds is 3. The quantitative estimate of drug-likeness (QED) is 0.728. The maximum Gasteiger partial charge on any atom is 0.234 e. The third-order valence-electron chi connectivity index (χ3n) is 2.05. The van der Waals surface area contributed by atoms with Gasteiger partial charge in [-0.25, -0.2) is 0 Å². The maximum absolute atomic E-state index is 11.1. The molecule has 1 atom stereocenters. The van der Waals surface area contributed by atoms with Gasteiger partial charge in [0.25, 0.3) is 0 Å². The SMILES string of the molecule is CC(NC(=O)CC#N)c1ccc(N)cc1. The molecular formula is C11H13N3O. The lowest BCUT2D eigenvalue weighted by atomic mass is 10.1. The van der Waals surface area contributed by atoms with E-state index in [0.29, 0.717) is 5.69 Å². The molecule has 4 nitrogen and oxygen atoms in total. The number of nitrogens with one attached hydrogen (secondary N) is 1. The van der Waals surface area contributed by atoms with Gasteiger partial charge in [0.1, 0.15) is 6.42 Å². The zero-order valence-electron chi connectivity index (χ0n) is 8.53. The number of nitriles is 1. The summed E-state index contributed by atoms with van der Waals surface area (Å²) in [5, 5.41) is 11.0. The molecule has 0 saturated carbocycles. The van der Waals surface area contributed by atoms with Crippen LogP contribution in [0.1, 0.15) is 24.9 Å².